The number of nitrogens with one attached hydrogen (secondary N) is 3. The van der Waals surface area contributed by atoms with Gasteiger partial charge in [0.25, 0.3) is 11.8 Å². The van der Waals surface area contributed by atoms with Crippen molar-refractivity contribution in [3.8, 4) is 5.75 Å². The third kappa shape index (κ3) is 6.43. The molecular weight excluding hydrogens is 485 g/mol. The third-order valence-corrected chi connectivity index (χ3v) is 5.32. The largest absolute Gasteiger partial charge is 0.506 e. The SMILES string of the molecule is O=C(Nc1ccccc1O)c1ccc(CNC(=O)c2ccccc2Nc2ccnc(C(F)(F)F)c2)cc1. The number of aromatic hydroxyl groups is 1. The fourth-order valence-electron chi connectivity index (χ4n) is 3.43. The second-order valence-electron chi connectivity index (χ2n) is 7.95. The van der Waals surface area contributed by atoms with E-state index in [4.69, 9.17) is 0 Å². The summed E-state index contributed by atoms with van der Waals surface area (Å²) in [4.78, 5) is 28.6. The Morgan fingerprint density at radius 3 is 2.22 bits per heavy atom. The van der Waals surface area contributed by atoms with Crippen LogP contribution in [0.5, 0.6) is 5.75 Å². The molecule has 0 bridgehead atoms. The predicted molar refractivity (Wildman–Crippen MR) is 133 cm³/mol. The van der Waals surface area contributed by atoms with E-state index in [0.717, 1.165) is 17.8 Å². The lowest BCUT2D eigenvalue weighted by atomic mass is 10.1. The highest BCUT2D eigenvalue weighted by molar-refractivity contribution is 6.05. The van der Waals surface area contributed by atoms with Crippen molar-refractivity contribution < 1.29 is 27.9 Å². The van der Waals surface area contributed by atoms with Crippen LogP contribution in [0.4, 0.5) is 30.2 Å². The van der Waals surface area contributed by atoms with Crippen LogP contribution in [-0.2, 0) is 12.7 Å². The van der Waals surface area contributed by atoms with Crippen molar-refractivity contribution in [1.82, 2.24) is 10.3 Å². The molecule has 2 amide bonds. The van der Waals surface area contributed by atoms with E-state index in [1.54, 1.807) is 66.7 Å². The van der Waals surface area contributed by atoms with Crippen molar-refractivity contribution in [3.63, 3.8) is 0 Å². The normalized spacial score (nSPS) is 11.0. The average molecular weight is 506 g/mol. The van der Waals surface area contributed by atoms with E-state index >= 15 is 0 Å². The number of aromatic nitrogens is 1. The molecule has 0 radical (unpaired) electrons. The highest BCUT2D eigenvalue weighted by Crippen LogP contribution is 2.30. The number of carbonyl (C=O) groups is 2. The fourth-order valence-corrected chi connectivity index (χ4v) is 3.43. The van der Waals surface area contributed by atoms with Crippen molar-refractivity contribution in [2.75, 3.05) is 10.6 Å². The first-order valence-electron chi connectivity index (χ1n) is 11.1. The topological polar surface area (TPSA) is 103 Å². The molecule has 188 valence electrons. The molecule has 1 aromatic heterocycles. The highest BCUT2D eigenvalue weighted by atomic mass is 19.4. The quantitative estimate of drug-likeness (QED) is 0.240. The Morgan fingerprint density at radius 1 is 0.838 bits per heavy atom. The molecule has 0 saturated heterocycles. The monoisotopic (exact) mass is 506 g/mol. The second kappa shape index (κ2) is 10.8. The summed E-state index contributed by atoms with van der Waals surface area (Å²) in [5, 5.41) is 18.0. The molecule has 3 aromatic carbocycles. The number of halogens is 3. The first kappa shape index (κ1) is 25.2. The lowest BCUT2D eigenvalue weighted by Crippen LogP contribution is -2.23. The molecule has 37 heavy (non-hydrogen) atoms. The first-order valence-corrected chi connectivity index (χ1v) is 11.1. The maximum absolute atomic E-state index is 13.0. The summed E-state index contributed by atoms with van der Waals surface area (Å²) in [6, 6.07) is 21.6. The Hall–Kier alpha value is -4.86. The van der Waals surface area contributed by atoms with Crippen LogP contribution in [0.2, 0.25) is 0 Å². The summed E-state index contributed by atoms with van der Waals surface area (Å²) >= 11 is 0. The maximum Gasteiger partial charge on any atom is 0.433 e. The smallest absolute Gasteiger partial charge is 0.433 e. The van der Waals surface area contributed by atoms with Crippen molar-refractivity contribution in [1.29, 1.82) is 0 Å². The molecule has 0 aliphatic rings. The van der Waals surface area contributed by atoms with Gasteiger partial charge in [0.2, 0.25) is 0 Å². The molecule has 0 unspecified atom stereocenters. The summed E-state index contributed by atoms with van der Waals surface area (Å²) in [5.41, 5.74) is 1.04. The molecule has 0 atom stereocenters. The van der Waals surface area contributed by atoms with Gasteiger partial charge in [-0.2, -0.15) is 13.2 Å². The summed E-state index contributed by atoms with van der Waals surface area (Å²) in [6.07, 6.45) is -3.55. The molecule has 10 heteroatoms. The summed E-state index contributed by atoms with van der Waals surface area (Å²) in [5.74, 6) is -0.883. The van der Waals surface area contributed by atoms with Gasteiger partial charge in [-0.05, 0) is 54.1 Å². The number of alkyl halides is 3. The van der Waals surface area contributed by atoms with Crippen molar-refractivity contribution in [2.45, 2.75) is 12.7 Å². The minimum atomic E-state index is -4.59. The van der Waals surface area contributed by atoms with Crippen LogP contribution in [0.25, 0.3) is 0 Å². The van der Waals surface area contributed by atoms with Crippen LogP contribution in [-0.4, -0.2) is 21.9 Å². The molecule has 0 saturated carbocycles. The molecule has 4 N–H and O–H groups in total. The Morgan fingerprint density at radius 2 is 1.51 bits per heavy atom. The van der Waals surface area contributed by atoms with Crippen molar-refractivity contribution in [2.24, 2.45) is 0 Å². The summed E-state index contributed by atoms with van der Waals surface area (Å²) in [7, 11) is 0. The third-order valence-electron chi connectivity index (χ3n) is 5.32. The zero-order valence-corrected chi connectivity index (χ0v) is 19.2. The van der Waals surface area contributed by atoms with Gasteiger partial charge >= 0.3 is 6.18 Å². The van der Waals surface area contributed by atoms with Crippen LogP contribution >= 0.6 is 0 Å². The molecule has 0 aliphatic heterocycles. The number of benzene rings is 3. The lowest BCUT2D eigenvalue weighted by Gasteiger charge is -2.14. The maximum atomic E-state index is 13.0. The zero-order chi connectivity index (χ0) is 26.4. The number of anilines is 3. The van der Waals surface area contributed by atoms with Gasteiger partial charge in [-0.3, -0.25) is 14.6 Å². The van der Waals surface area contributed by atoms with E-state index in [1.165, 1.54) is 12.1 Å². The number of hydrogen-bond acceptors (Lipinski definition) is 5. The van der Waals surface area contributed by atoms with Crippen LogP contribution in [0, 0.1) is 0 Å². The Labute approximate surface area is 210 Å². The summed E-state index contributed by atoms with van der Waals surface area (Å²) < 4.78 is 38.9. The van der Waals surface area contributed by atoms with Gasteiger partial charge in [0, 0.05) is 24.0 Å². The number of phenols is 1. The molecule has 0 spiro atoms. The van der Waals surface area contributed by atoms with E-state index in [0.29, 0.717) is 11.3 Å². The number of nitrogens with zero attached hydrogens (tertiary/aromatic N) is 1. The molecule has 0 fully saturated rings. The number of phenolic OH excluding ortho intramolecular Hbond substituents is 1. The zero-order valence-electron chi connectivity index (χ0n) is 19.2. The second-order valence-corrected chi connectivity index (χ2v) is 7.95. The number of pyridine rings is 1. The number of rotatable bonds is 7. The first-order chi connectivity index (χ1) is 17.7. The van der Waals surface area contributed by atoms with Gasteiger partial charge in [-0.25, -0.2) is 0 Å². The molecular formula is C27H21F3N4O3. The van der Waals surface area contributed by atoms with Crippen molar-refractivity contribution in [3.05, 3.63) is 114 Å². The minimum absolute atomic E-state index is 0.0466. The van der Waals surface area contributed by atoms with E-state index in [-0.39, 0.29) is 29.2 Å². The average Bonchev–Trinajstić information content (AvgIpc) is 2.89. The Balaban J connectivity index is 1.39. The van der Waals surface area contributed by atoms with E-state index in [9.17, 15) is 27.9 Å². The Bertz CT molecular complexity index is 1420. The number of amides is 2. The van der Waals surface area contributed by atoms with E-state index < -0.39 is 23.7 Å². The predicted octanol–water partition coefficient (Wildman–Crippen LogP) is 5.73. The Kier molecular flexibility index (Phi) is 7.38. The highest BCUT2D eigenvalue weighted by Gasteiger charge is 2.32. The molecule has 4 rings (SSSR count). The van der Waals surface area contributed by atoms with Crippen LogP contribution in [0.3, 0.4) is 0 Å². The van der Waals surface area contributed by atoms with Gasteiger partial charge in [0.15, 0.2) is 0 Å². The number of carbonyl (C=O) groups excluding carboxylic acids is 2. The van der Waals surface area contributed by atoms with Gasteiger partial charge in [-0.15, -0.1) is 0 Å². The molecule has 4 aromatic rings. The lowest BCUT2D eigenvalue weighted by molar-refractivity contribution is -0.141. The number of para-hydroxylation sites is 3. The standard InChI is InChI=1S/C27H21F3N4O3/c28-27(29,30)24-15-19(13-14-31-24)33-21-6-2-1-5-20(21)26(37)32-16-17-9-11-18(12-10-17)25(36)34-22-7-3-4-8-23(22)35/h1-15,35H,16H2,(H,31,33)(H,32,37)(H,34,36). The van der Waals surface area contributed by atoms with Gasteiger partial charge < -0.3 is 21.1 Å². The van der Waals surface area contributed by atoms with Gasteiger partial charge in [0.05, 0.1) is 16.9 Å². The van der Waals surface area contributed by atoms with E-state index in [2.05, 4.69) is 20.9 Å². The van der Waals surface area contributed by atoms with Gasteiger partial charge in [0.1, 0.15) is 11.4 Å². The van der Waals surface area contributed by atoms with Crippen molar-refractivity contribution >= 4 is 28.9 Å². The van der Waals surface area contributed by atoms with Gasteiger partial charge in [-0.1, -0.05) is 36.4 Å². The van der Waals surface area contributed by atoms with E-state index in [1.807, 2.05) is 0 Å². The minimum Gasteiger partial charge on any atom is -0.506 e. The molecule has 0 aliphatic carbocycles. The fraction of sp³-hybridized carbons (Fsp3) is 0.0741. The number of hydrogen-bond donors (Lipinski definition) is 4. The van der Waals surface area contributed by atoms with Crippen LogP contribution in [0.1, 0.15) is 32.0 Å². The van der Waals surface area contributed by atoms with Crippen LogP contribution < -0.4 is 16.0 Å². The molecule has 7 nitrogen and oxygen atoms in total. The summed E-state index contributed by atoms with van der Waals surface area (Å²) in [6.45, 7) is 0.155. The molecule has 1 heterocycles. The van der Waals surface area contributed by atoms with Crippen LogP contribution in [0.15, 0.2) is 91.1 Å².